The van der Waals surface area contributed by atoms with Crippen molar-refractivity contribution in [3.8, 4) is 0 Å². The van der Waals surface area contributed by atoms with Crippen LogP contribution in [0.2, 0.25) is 0 Å². The molecule has 0 aromatic heterocycles. The topological polar surface area (TPSA) is 38.3 Å². The van der Waals surface area contributed by atoms with Gasteiger partial charge in [0.15, 0.2) is 0 Å². The molecule has 0 saturated heterocycles. The number of nitrogens with one attached hydrogen (secondary N) is 1. The van der Waals surface area contributed by atoms with E-state index in [1.807, 2.05) is 60.7 Å². The molecular weight excluding hydrogens is 238 g/mol. The van der Waals surface area contributed by atoms with Gasteiger partial charge in [0, 0.05) is 0 Å². The Morgan fingerprint density at radius 3 is 1.89 bits per heavy atom. The molecule has 0 unspecified atom stereocenters. The van der Waals surface area contributed by atoms with Crippen LogP contribution < -0.4 is 5.32 Å². The second-order valence-corrected chi connectivity index (χ2v) is 4.12. The summed E-state index contributed by atoms with van der Waals surface area (Å²) in [6.45, 7) is 2.15. The third kappa shape index (κ3) is 3.58. The number of amides is 1. The van der Waals surface area contributed by atoms with Gasteiger partial charge in [-0.05, 0) is 18.1 Å². The lowest BCUT2D eigenvalue weighted by molar-refractivity contribution is 0.149. The van der Waals surface area contributed by atoms with Gasteiger partial charge < -0.3 is 10.1 Å². The van der Waals surface area contributed by atoms with E-state index >= 15 is 0 Å². The van der Waals surface area contributed by atoms with E-state index in [0.717, 1.165) is 11.1 Å². The van der Waals surface area contributed by atoms with Crippen LogP contribution in [0.5, 0.6) is 0 Å². The van der Waals surface area contributed by atoms with Gasteiger partial charge in [0.2, 0.25) is 0 Å². The molecule has 0 aliphatic heterocycles. The first-order valence-corrected chi connectivity index (χ1v) is 6.34. The van der Waals surface area contributed by atoms with Crippen molar-refractivity contribution < 1.29 is 9.53 Å². The summed E-state index contributed by atoms with van der Waals surface area (Å²) in [6, 6.07) is 19.5. The molecule has 2 rings (SSSR count). The Bertz CT molecular complexity index is 471. The monoisotopic (exact) mass is 255 g/mol. The average Bonchev–Trinajstić information content (AvgIpc) is 2.47. The Hall–Kier alpha value is -2.29. The number of carbonyl (C=O) groups is 1. The number of alkyl carbamates (subject to hydrolysis) is 1. The summed E-state index contributed by atoms with van der Waals surface area (Å²) < 4.78 is 4.97. The number of carbonyl (C=O) groups excluding carboxylic acids is 1. The van der Waals surface area contributed by atoms with Crippen molar-refractivity contribution in [1.82, 2.24) is 5.32 Å². The Morgan fingerprint density at radius 1 is 1.00 bits per heavy atom. The minimum atomic E-state index is -0.403. The fourth-order valence-corrected chi connectivity index (χ4v) is 1.94. The molecule has 0 aliphatic rings. The molecule has 0 saturated carbocycles. The third-order valence-electron chi connectivity index (χ3n) is 2.80. The summed E-state index contributed by atoms with van der Waals surface area (Å²) >= 11 is 0. The van der Waals surface area contributed by atoms with Crippen molar-refractivity contribution >= 4 is 6.09 Å². The zero-order chi connectivity index (χ0) is 13.5. The fraction of sp³-hybridized carbons (Fsp3) is 0.188. The van der Waals surface area contributed by atoms with E-state index in [9.17, 15) is 4.79 Å². The van der Waals surface area contributed by atoms with Gasteiger partial charge in [0.05, 0.1) is 12.6 Å². The van der Waals surface area contributed by atoms with Crippen LogP contribution in [0.15, 0.2) is 60.7 Å². The van der Waals surface area contributed by atoms with Gasteiger partial charge in [-0.15, -0.1) is 0 Å². The van der Waals surface area contributed by atoms with Gasteiger partial charge in [0.25, 0.3) is 0 Å². The molecule has 98 valence electrons. The molecule has 0 fully saturated rings. The van der Waals surface area contributed by atoms with Gasteiger partial charge in [-0.25, -0.2) is 4.79 Å². The fourth-order valence-electron chi connectivity index (χ4n) is 1.94. The van der Waals surface area contributed by atoms with Crippen molar-refractivity contribution in [3.05, 3.63) is 71.8 Å². The number of rotatable bonds is 4. The first kappa shape index (κ1) is 13.1. The molecule has 19 heavy (non-hydrogen) atoms. The number of hydrogen-bond donors (Lipinski definition) is 1. The first-order chi connectivity index (χ1) is 9.31. The van der Waals surface area contributed by atoms with Crippen molar-refractivity contribution in [2.75, 3.05) is 6.61 Å². The first-order valence-electron chi connectivity index (χ1n) is 6.34. The van der Waals surface area contributed by atoms with Crippen LogP contribution in [-0.4, -0.2) is 12.7 Å². The van der Waals surface area contributed by atoms with Crippen molar-refractivity contribution in [3.63, 3.8) is 0 Å². The smallest absolute Gasteiger partial charge is 0.407 e. The molecule has 2 aromatic rings. The van der Waals surface area contributed by atoms with Crippen LogP contribution in [0.4, 0.5) is 4.79 Å². The molecule has 0 bridgehead atoms. The molecule has 3 heteroatoms. The lowest BCUT2D eigenvalue weighted by Gasteiger charge is -2.19. The highest BCUT2D eigenvalue weighted by Crippen LogP contribution is 2.21. The predicted molar refractivity (Wildman–Crippen MR) is 74.9 cm³/mol. The van der Waals surface area contributed by atoms with Crippen molar-refractivity contribution in [2.45, 2.75) is 13.0 Å². The summed E-state index contributed by atoms with van der Waals surface area (Å²) in [5.41, 5.74) is 2.06. The summed E-state index contributed by atoms with van der Waals surface area (Å²) in [6.07, 6.45) is -0.403. The minimum absolute atomic E-state index is 0.193. The van der Waals surface area contributed by atoms with Crippen molar-refractivity contribution in [2.24, 2.45) is 0 Å². The number of hydrogen-bond acceptors (Lipinski definition) is 2. The maximum atomic E-state index is 11.7. The van der Waals surface area contributed by atoms with Crippen LogP contribution in [0.1, 0.15) is 24.1 Å². The van der Waals surface area contributed by atoms with E-state index in [4.69, 9.17) is 4.74 Å². The third-order valence-corrected chi connectivity index (χ3v) is 2.80. The van der Waals surface area contributed by atoms with E-state index in [-0.39, 0.29) is 6.04 Å². The molecule has 1 amide bonds. The average molecular weight is 255 g/mol. The quantitative estimate of drug-likeness (QED) is 0.907. The zero-order valence-electron chi connectivity index (χ0n) is 10.9. The summed E-state index contributed by atoms with van der Waals surface area (Å²) in [7, 11) is 0. The van der Waals surface area contributed by atoms with Crippen LogP contribution in [0.3, 0.4) is 0 Å². The van der Waals surface area contributed by atoms with Gasteiger partial charge in [-0.1, -0.05) is 60.7 Å². The van der Waals surface area contributed by atoms with Crippen LogP contribution in [0, 0.1) is 0 Å². The lowest BCUT2D eigenvalue weighted by Crippen LogP contribution is -2.29. The highest BCUT2D eigenvalue weighted by atomic mass is 16.5. The highest BCUT2D eigenvalue weighted by Gasteiger charge is 2.16. The molecule has 1 N–H and O–H groups in total. The number of ether oxygens (including phenoxy) is 1. The largest absolute Gasteiger partial charge is 0.450 e. The standard InChI is InChI=1S/C16H17NO2/c1-2-19-16(18)17-15(13-9-5-3-6-10-13)14-11-7-4-8-12-14/h3-12,15H,2H2,1H3,(H,17,18). The Labute approximate surface area is 113 Å². The lowest BCUT2D eigenvalue weighted by atomic mass is 9.99. The van der Waals surface area contributed by atoms with E-state index in [2.05, 4.69) is 5.32 Å². The summed E-state index contributed by atoms with van der Waals surface area (Å²) in [5.74, 6) is 0. The van der Waals surface area contributed by atoms with E-state index < -0.39 is 6.09 Å². The summed E-state index contributed by atoms with van der Waals surface area (Å²) in [4.78, 5) is 11.7. The van der Waals surface area contributed by atoms with E-state index in [1.165, 1.54) is 0 Å². The van der Waals surface area contributed by atoms with Gasteiger partial charge in [0.1, 0.15) is 0 Å². The van der Waals surface area contributed by atoms with Gasteiger partial charge >= 0.3 is 6.09 Å². The highest BCUT2D eigenvalue weighted by molar-refractivity contribution is 5.68. The molecule has 2 aromatic carbocycles. The van der Waals surface area contributed by atoms with Crippen LogP contribution in [-0.2, 0) is 4.74 Å². The Morgan fingerprint density at radius 2 is 1.47 bits per heavy atom. The second-order valence-electron chi connectivity index (χ2n) is 4.12. The molecule has 0 spiro atoms. The SMILES string of the molecule is CCOC(=O)NC(c1ccccc1)c1ccccc1. The zero-order valence-corrected chi connectivity index (χ0v) is 10.9. The minimum Gasteiger partial charge on any atom is -0.450 e. The van der Waals surface area contributed by atoms with Crippen LogP contribution >= 0.6 is 0 Å². The van der Waals surface area contributed by atoms with E-state index in [1.54, 1.807) is 6.92 Å². The Balaban J connectivity index is 2.26. The molecule has 0 atom stereocenters. The number of benzene rings is 2. The van der Waals surface area contributed by atoms with Gasteiger partial charge in [-0.3, -0.25) is 0 Å². The van der Waals surface area contributed by atoms with Gasteiger partial charge in [-0.2, -0.15) is 0 Å². The second kappa shape index (κ2) is 6.59. The van der Waals surface area contributed by atoms with Crippen LogP contribution in [0.25, 0.3) is 0 Å². The maximum absolute atomic E-state index is 11.7. The molecular formula is C16H17NO2. The normalized spacial score (nSPS) is 10.2. The molecule has 0 aliphatic carbocycles. The maximum Gasteiger partial charge on any atom is 0.407 e. The van der Waals surface area contributed by atoms with E-state index in [0.29, 0.717) is 6.61 Å². The molecule has 0 radical (unpaired) electrons. The molecule has 3 nitrogen and oxygen atoms in total. The molecule has 0 heterocycles. The van der Waals surface area contributed by atoms with Crippen molar-refractivity contribution in [1.29, 1.82) is 0 Å². The predicted octanol–water partition coefficient (Wildman–Crippen LogP) is 3.52. The summed E-state index contributed by atoms with van der Waals surface area (Å²) in [5, 5.41) is 2.89. The Kier molecular flexibility index (Phi) is 4.56.